The molecule has 140 valence electrons. The summed E-state index contributed by atoms with van der Waals surface area (Å²) in [4.78, 5) is 27.5. The van der Waals surface area contributed by atoms with Crippen LogP contribution in [0.3, 0.4) is 0 Å². The molecule has 0 unspecified atom stereocenters. The Hall–Kier alpha value is -3.08. The molecule has 0 aliphatic rings. The molecule has 3 aromatic rings. The van der Waals surface area contributed by atoms with E-state index in [-0.39, 0.29) is 30.2 Å². The number of nitrogens with one attached hydrogen (secondary N) is 3. The molecule has 0 fully saturated rings. The average molecular weight is 363 g/mol. The third kappa shape index (κ3) is 4.56. The highest BCUT2D eigenvalue weighted by Gasteiger charge is 2.14. The Balaban J connectivity index is 1.50. The van der Waals surface area contributed by atoms with Crippen LogP contribution in [0.4, 0.5) is 5.69 Å². The van der Waals surface area contributed by atoms with E-state index >= 15 is 0 Å². The van der Waals surface area contributed by atoms with Gasteiger partial charge in [0.15, 0.2) is 0 Å². The molecule has 3 rings (SSSR count). The Bertz CT molecular complexity index is 950. The lowest BCUT2D eigenvalue weighted by Gasteiger charge is -2.19. The van der Waals surface area contributed by atoms with Crippen molar-refractivity contribution in [2.75, 3.05) is 11.9 Å². The molecule has 0 saturated carbocycles. The van der Waals surface area contributed by atoms with Crippen LogP contribution in [0, 0.1) is 0 Å². The summed E-state index contributed by atoms with van der Waals surface area (Å²) in [5.41, 5.74) is 3.56. The first-order valence-electron chi connectivity index (χ1n) is 9.09. The van der Waals surface area contributed by atoms with Gasteiger partial charge in [0, 0.05) is 35.8 Å². The molecule has 0 aliphatic carbocycles. The lowest BCUT2D eigenvalue weighted by molar-refractivity contribution is -0.116. The number of para-hydroxylation sites is 1. The number of aromatic amines is 1. The molecule has 0 aliphatic heterocycles. The number of H-pyrrole nitrogens is 1. The number of carbonyl (C=O) groups excluding carboxylic acids is 2. The number of benzene rings is 2. The van der Waals surface area contributed by atoms with Crippen molar-refractivity contribution < 1.29 is 9.59 Å². The minimum Gasteiger partial charge on any atom is -0.360 e. The van der Waals surface area contributed by atoms with Gasteiger partial charge < -0.3 is 15.6 Å². The zero-order valence-corrected chi connectivity index (χ0v) is 15.9. The van der Waals surface area contributed by atoms with Gasteiger partial charge in [-0.25, -0.2) is 0 Å². The predicted molar refractivity (Wildman–Crippen MR) is 109 cm³/mol. The van der Waals surface area contributed by atoms with Crippen molar-refractivity contribution >= 4 is 28.4 Å². The maximum absolute atomic E-state index is 12.3. The van der Waals surface area contributed by atoms with Crippen molar-refractivity contribution in [2.45, 2.75) is 32.6 Å². The van der Waals surface area contributed by atoms with Gasteiger partial charge in [-0.2, -0.15) is 0 Å². The van der Waals surface area contributed by atoms with Crippen LogP contribution in [0.5, 0.6) is 0 Å². The highest BCUT2D eigenvalue weighted by atomic mass is 16.2. The van der Waals surface area contributed by atoms with E-state index < -0.39 is 0 Å². The van der Waals surface area contributed by atoms with E-state index in [4.69, 9.17) is 0 Å². The summed E-state index contributed by atoms with van der Waals surface area (Å²) in [5.74, 6) is -0.312. The number of amides is 2. The highest BCUT2D eigenvalue weighted by Crippen LogP contribution is 2.23. The van der Waals surface area contributed by atoms with Gasteiger partial charge in [0.1, 0.15) is 0 Å². The Labute approximate surface area is 159 Å². The normalized spacial score (nSPS) is 11.4. The van der Waals surface area contributed by atoms with E-state index in [2.05, 4.69) is 36.4 Å². The second-order valence-electron chi connectivity index (χ2n) is 7.63. The largest absolute Gasteiger partial charge is 0.360 e. The van der Waals surface area contributed by atoms with Crippen LogP contribution >= 0.6 is 0 Å². The number of rotatable bonds is 5. The van der Waals surface area contributed by atoms with E-state index in [9.17, 15) is 9.59 Å². The number of fused-ring (bicyclic) bond motifs is 1. The van der Waals surface area contributed by atoms with E-state index in [1.54, 1.807) is 6.20 Å². The number of hydrogen-bond acceptors (Lipinski definition) is 2. The van der Waals surface area contributed by atoms with Crippen molar-refractivity contribution in [3.63, 3.8) is 0 Å². The van der Waals surface area contributed by atoms with Gasteiger partial charge in [0.25, 0.3) is 5.91 Å². The molecule has 27 heavy (non-hydrogen) atoms. The van der Waals surface area contributed by atoms with Gasteiger partial charge in [-0.05, 0) is 29.2 Å². The van der Waals surface area contributed by atoms with Crippen molar-refractivity contribution in [1.82, 2.24) is 10.3 Å². The first-order valence-corrected chi connectivity index (χ1v) is 9.09. The molecule has 3 N–H and O–H groups in total. The summed E-state index contributed by atoms with van der Waals surface area (Å²) < 4.78 is 0. The lowest BCUT2D eigenvalue weighted by Crippen LogP contribution is -2.27. The molecule has 1 aromatic heterocycles. The lowest BCUT2D eigenvalue weighted by atomic mass is 9.87. The fraction of sp³-hybridized carbons (Fsp3) is 0.273. The van der Waals surface area contributed by atoms with Crippen LogP contribution < -0.4 is 10.6 Å². The highest BCUT2D eigenvalue weighted by molar-refractivity contribution is 6.06. The SMILES string of the molecule is CC(C)(C)c1ccc(NC(=O)CCNC(=O)c2c[nH]c3ccccc23)cc1. The summed E-state index contributed by atoms with van der Waals surface area (Å²) in [6, 6.07) is 15.5. The minimum atomic E-state index is -0.185. The topological polar surface area (TPSA) is 74.0 Å². The quantitative estimate of drug-likeness (QED) is 0.635. The van der Waals surface area contributed by atoms with Gasteiger partial charge in [0.05, 0.1) is 5.56 Å². The monoisotopic (exact) mass is 363 g/mol. The van der Waals surface area contributed by atoms with E-state index in [0.717, 1.165) is 16.6 Å². The maximum Gasteiger partial charge on any atom is 0.253 e. The third-order valence-electron chi connectivity index (χ3n) is 4.51. The van der Waals surface area contributed by atoms with Crippen LogP contribution in [-0.4, -0.2) is 23.3 Å². The molecule has 0 atom stereocenters. The van der Waals surface area contributed by atoms with Crippen LogP contribution in [0.2, 0.25) is 0 Å². The van der Waals surface area contributed by atoms with Gasteiger partial charge in [0.2, 0.25) is 5.91 Å². The summed E-state index contributed by atoms with van der Waals surface area (Å²) in [6.07, 6.45) is 1.91. The smallest absolute Gasteiger partial charge is 0.253 e. The Morgan fingerprint density at radius 1 is 1.00 bits per heavy atom. The van der Waals surface area contributed by atoms with Crippen LogP contribution in [-0.2, 0) is 10.2 Å². The second kappa shape index (κ2) is 7.66. The number of aromatic nitrogens is 1. The van der Waals surface area contributed by atoms with Crippen LogP contribution in [0.25, 0.3) is 10.9 Å². The summed E-state index contributed by atoms with van der Waals surface area (Å²) in [7, 11) is 0. The molecule has 1 heterocycles. The number of anilines is 1. The zero-order valence-electron chi connectivity index (χ0n) is 15.9. The van der Waals surface area contributed by atoms with Crippen molar-refractivity contribution in [3.8, 4) is 0 Å². The van der Waals surface area contributed by atoms with Crippen molar-refractivity contribution in [2.24, 2.45) is 0 Å². The summed E-state index contributed by atoms with van der Waals surface area (Å²) in [6.45, 7) is 6.73. The van der Waals surface area contributed by atoms with Crippen molar-refractivity contribution in [3.05, 3.63) is 65.9 Å². The van der Waals surface area contributed by atoms with Gasteiger partial charge in [-0.3, -0.25) is 9.59 Å². The van der Waals surface area contributed by atoms with Gasteiger partial charge >= 0.3 is 0 Å². The Morgan fingerprint density at radius 3 is 2.41 bits per heavy atom. The Morgan fingerprint density at radius 2 is 1.70 bits per heavy atom. The van der Waals surface area contributed by atoms with Gasteiger partial charge in [-0.15, -0.1) is 0 Å². The molecular formula is C22H25N3O2. The molecule has 5 nitrogen and oxygen atoms in total. The first kappa shape index (κ1) is 18.7. The molecule has 2 aromatic carbocycles. The molecule has 0 radical (unpaired) electrons. The third-order valence-corrected chi connectivity index (χ3v) is 4.51. The van der Waals surface area contributed by atoms with E-state index in [0.29, 0.717) is 5.56 Å². The number of carbonyl (C=O) groups is 2. The molecular weight excluding hydrogens is 338 g/mol. The Kier molecular flexibility index (Phi) is 5.31. The van der Waals surface area contributed by atoms with Crippen LogP contribution in [0.15, 0.2) is 54.7 Å². The number of hydrogen-bond donors (Lipinski definition) is 3. The fourth-order valence-corrected chi connectivity index (χ4v) is 2.92. The van der Waals surface area contributed by atoms with Crippen molar-refractivity contribution in [1.29, 1.82) is 0 Å². The standard InChI is InChI=1S/C22H25N3O2/c1-22(2,3)15-8-10-16(11-9-15)25-20(26)12-13-23-21(27)18-14-24-19-7-5-4-6-17(18)19/h4-11,14,24H,12-13H2,1-3H3,(H,23,27)(H,25,26). The minimum absolute atomic E-state index is 0.0786. The van der Waals surface area contributed by atoms with E-state index in [1.165, 1.54) is 5.56 Å². The maximum atomic E-state index is 12.3. The summed E-state index contributed by atoms with van der Waals surface area (Å²) in [5, 5.41) is 6.54. The van der Waals surface area contributed by atoms with Crippen LogP contribution in [0.1, 0.15) is 43.1 Å². The van der Waals surface area contributed by atoms with Gasteiger partial charge in [-0.1, -0.05) is 51.1 Å². The molecule has 5 heteroatoms. The fourth-order valence-electron chi connectivity index (χ4n) is 2.92. The second-order valence-corrected chi connectivity index (χ2v) is 7.63. The predicted octanol–water partition coefficient (Wildman–Crippen LogP) is 4.22. The summed E-state index contributed by atoms with van der Waals surface area (Å²) >= 11 is 0. The zero-order chi connectivity index (χ0) is 19.4. The first-order chi connectivity index (χ1) is 12.8. The average Bonchev–Trinajstić information content (AvgIpc) is 3.05. The van der Waals surface area contributed by atoms with E-state index in [1.807, 2.05) is 48.5 Å². The molecule has 0 spiro atoms. The molecule has 2 amide bonds. The molecule has 0 saturated heterocycles. The molecule has 0 bridgehead atoms.